The zero-order chi connectivity index (χ0) is 27.6. The highest BCUT2D eigenvalue weighted by Crippen LogP contribution is 2.34. The van der Waals surface area contributed by atoms with Gasteiger partial charge in [0.1, 0.15) is 0 Å². The number of rotatable bonds is 8. The first-order chi connectivity index (χ1) is 18.7. The molecule has 1 aromatic heterocycles. The van der Waals surface area contributed by atoms with Gasteiger partial charge in [0.15, 0.2) is 5.13 Å². The van der Waals surface area contributed by atoms with E-state index in [1.165, 1.54) is 9.87 Å². The third-order valence-corrected chi connectivity index (χ3v) is 10.9. The number of thiazole rings is 1. The minimum atomic E-state index is -3.57. The van der Waals surface area contributed by atoms with Crippen LogP contribution < -0.4 is 4.90 Å². The van der Waals surface area contributed by atoms with E-state index in [1.54, 1.807) is 23.5 Å². The Morgan fingerprint density at radius 1 is 1.03 bits per heavy atom. The molecule has 3 heterocycles. The van der Waals surface area contributed by atoms with Crippen molar-refractivity contribution in [2.75, 3.05) is 57.4 Å². The molecule has 39 heavy (non-hydrogen) atoms. The maximum absolute atomic E-state index is 14.0. The Bertz CT molecular complexity index is 1410. The monoisotopic (exact) mass is 570 g/mol. The van der Waals surface area contributed by atoms with Crippen LogP contribution in [0.25, 0.3) is 10.2 Å². The molecule has 3 aromatic rings. The molecule has 5 rings (SSSR count). The number of ether oxygens (including phenoxy) is 1. The summed E-state index contributed by atoms with van der Waals surface area (Å²) in [7, 11) is -3.57. The molecule has 0 N–H and O–H groups in total. The molecule has 0 saturated carbocycles. The molecule has 0 unspecified atom stereocenters. The second-order valence-electron chi connectivity index (χ2n) is 10.7. The van der Waals surface area contributed by atoms with Crippen LogP contribution in [0.5, 0.6) is 0 Å². The van der Waals surface area contributed by atoms with Gasteiger partial charge in [-0.3, -0.25) is 14.6 Å². The molecular weight excluding hydrogens is 532 g/mol. The van der Waals surface area contributed by atoms with E-state index in [1.807, 2.05) is 24.0 Å². The molecule has 0 radical (unpaired) electrons. The number of carbonyl (C=O) groups excluding carboxylic acids is 1. The number of anilines is 1. The van der Waals surface area contributed by atoms with E-state index in [0.717, 1.165) is 65.7 Å². The number of amides is 1. The first-order valence-electron chi connectivity index (χ1n) is 13.8. The van der Waals surface area contributed by atoms with Gasteiger partial charge in [-0.2, -0.15) is 4.31 Å². The number of fused-ring (bicyclic) bond motifs is 1. The molecule has 2 fully saturated rings. The van der Waals surface area contributed by atoms with Crippen LogP contribution in [0, 0.1) is 26.7 Å². The predicted molar refractivity (Wildman–Crippen MR) is 156 cm³/mol. The Labute approximate surface area is 235 Å². The summed E-state index contributed by atoms with van der Waals surface area (Å²) < 4.78 is 34.5. The van der Waals surface area contributed by atoms with E-state index in [0.29, 0.717) is 37.4 Å². The smallest absolute Gasteiger partial charge is 0.243 e. The maximum Gasteiger partial charge on any atom is 0.243 e. The lowest BCUT2D eigenvalue weighted by molar-refractivity contribution is -0.123. The molecule has 8 nitrogen and oxygen atoms in total. The van der Waals surface area contributed by atoms with Crippen LogP contribution >= 0.6 is 11.3 Å². The number of hydrogen-bond acceptors (Lipinski definition) is 7. The summed E-state index contributed by atoms with van der Waals surface area (Å²) >= 11 is 1.58. The van der Waals surface area contributed by atoms with Crippen LogP contribution in [0.3, 0.4) is 0 Å². The summed E-state index contributed by atoms with van der Waals surface area (Å²) in [6, 6.07) is 11.2. The molecule has 0 atom stereocenters. The summed E-state index contributed by atoms with van der Waals surface area (Å²) in [4.78, 5) is 23.4. The summed E-state index contributed by atoms with van der Waals surface area (Å²) in [5, 5.41) is 0.736. The minimum absolute atomic E-state index is 0.0535. The fraction of sp³-hybridized carbons (Fsp3) is 0.517. The van der Waals surface area contributed by atoms with Gasteiger partial charge in [0.25, 0.3) is 0 Å². The highest BCUT2D eigenvalue weighted by atomic mass is 32.2. The molecule has 2 saturated heterocycles. The Balaban J connectivity index is 1.31. The molecule has 2 aliphatic rings. The molecule has 2 aromatic carbocycles. The first-order valence-corrected chi connectivity index (χ1v) is 16.0. The van der Waals surface area contributed by atoms with Crippen LogP contribution in [0.2, 0.25) is 0 Å². The lowest BCUT2D eigenvalue weighted by Crippen LogP contribution is -2.45. The van der Waals surface area contributed by atoms with E-state index in [2.05, 4.69) is 30.9 Å². The third-order valence-electron chi connectivity index (χ3n) is 7.73. The zero-order valence-corrected chi connectivity index (χ0v) is 24.7. The number of sulfonamides is 1. The Kier molecular flexibility index (Phi) is 8.68. The van der Waals surface area contributed by atoms with Gasteiger partial charge in [-0.15, -0.1) is 0 Å². The lowest BCUT2D eigenvalue weighted by Gasteiger charge is -2.33. The predicted octanol–water partition coefficient (Wildman–Crippen LogP) is 4.38. The van der Waals surface area contributed by atoms with Crippen LogP contribution in [-0.2, 0) is 19.6 Å². The van der Waals surface area contributed by atoms with Gasteiger partial charge in [0.2, 0.25) is 15.9 Å². The summed E-state index contributed by atoms with van der Waals surface area (Å²) in [6.07, 6.45) is 1.86. The van der Waals surface area contributed by atoms with Gasteiger partial charge in [-0.25, -0.2) is 13.4 Å². The molecule has 0 bridgehead atoms. The van der Waals surface area contributed by atoms with Crippen LogP contribution in [0.4, 0.5) is 5.13 Å². The molecule has 0 spiro atoms. The molecule has 10 heteroatoms. The van der Waals surface area contributed by atoms with E-state index >= 15 is 0 Å². The number of benzene rings is 2. The second kappa shape index (κ2) is 12.0. The Morgan fingerprint density at radius 3 is 2.41 bits per heavy atom. The van der Waals surface area contributed by atoms with Gasteiger partial charge in [0, 0.05) is 45.2 Å². The minimum Gasteiger partial charge on any atom is -0.379 e. The van der Waals surface area contributed by atoms with E-state index in [-0.39, 0.29) is 11.8 Å². The zero-order valence-electron chi connectivity index (χ0n) is 23.1. The second-order valence-corrected chi connectivity index (χ2v) is 13.6. The van der Waals surface area contributed by atoms with Crippen molar-refractivity contribution in [1.29, 1.82) is 0 Å². The molecule has 2 aliphatic heterocycles. The highest BCUT2D eigenvalue weighted by molar-refractivity contribution is 7.89. The fourth-order valence-electron chi connectivity index (χ4n) is 5.48. The van der Waals surface area contributed by atoms with Gasteiger partial charge >= 0.3 is 0 Å². The number of nitrogens with zero attached hydrogens (tertiary/aromatic N) is 4. The van der Waals surface area contributed by atoms with Crippen LogP contribution in [0.1, 0.15) is 36.0 Å². The summed E-state index contributed by atoms with van der Waals surface area (Å²) in [5.74, 6) is -0.175. The van der Waals surface area contributed by atoms with E-state index < -0.39 is 10.0 Å². The average molecular weight is 571 g/mol. The summed E-state index contributed by atoms with van der Waals surface area (Å²) in [6.45, 7) is 11.6. The van der Waals surface area contributed by atoms with Crippen molar-refractivity contribution in [3.05, 3.63) is 53.1 Å². The van der Waals surface area contributed by atoms with E-state index in [4.69, 9.17) is 9.72 Å². The van der Waals surface area contributed by atoms with Gasteiger partial charge in [-0.1, -0.05) is 35.1 Å². The van der Waals surface area contributed by atoms with Crippen molar-refractivity contribution < 1.29 is 17.9 Å². The van der Waals surface area contributed by atoms with E-state index in [9.17, 15) is 13.2 Å². The average Bonchev–Trinajstić information content (AvgIpc) is 3.36. The quantitative estimate of drug-likeness (QED) is 0.400. The van der Waals surface area contributed by atoms with Crippen molar-refractivity contribution in [3.63, 3.8) is 0 Å². The number of aromatic nitrogens is 1. The van der Waals surface area contributed by atoms with Gasteiger partial charge in [0.05, 0.1) is 28.3 Å². The molecule has 0 aliphatic carbocycles. The van der Waals surface area contributed by atoms with Crippen molar-refractivity contribution in [2.45, 2.75) is 44.9 Å². The van der Waals surface area contributed by atoms with Crippen molar-refractivity contribution in [1.82, 2.24) is 14.2 Å². The number of aryl methyl sites for hydroxylation is 3. The van der Waals surface area contributed by atoms with Crippen molar-refractivity contribution >= 4 is 42.6 Å². The maximum atomic E-state index is 14.0. The summed E-state index contributed by atoms with van der Waals surface area (Å²) in [5.41, 5.74) is 4.28. The largest absolute Gasteiger partial charge is 0.379 e. The molecular formula is C29H38N4O4S2. The van der Waals surface area contributed by atoms with Gasteiger partial charge in [-0.05, 0) is 69.4 Å². The standard InChI is InChI=1S/C29H38N4O4S2/c1-21-5-7-25(8-6-21)39(35,36)32-13-9-24(10-14-32)28(34)33(12-4-11-31-15-17-37-18-16-31)29-30-26-20-22(2)19-23(3)27(26)38-29/h5-8,19-20,24H,4,9-18H2,1-3H3. The van der Waals surface area contributed by atoms with Gasteiger partial charge < -0.3 is 4.74 Å². The lowest BCUT2D eigenvalue weighted by atomic mass is 9.96. The number of hydrogen-bond donors (Lipinski definition) is 0. The first kappa shape index (κ1) is 28.2. The number of morpholine rings is 1. The Hall–Kier alpha value is -2.37. The number of carbonyl (C=O) groups is 1. The third kappa shape index (κ3) is 6.36. The van der Waals surface area contributed by atoms with Crippen molar-refractivity contribution in [3.8, 4) is 0 Å². The topological polar surface area (TPSA) is 83.1 Å². The van der Waals surface area contributed by atoms with Crippen LogP contribution in [-0.4, -0.2) is 81.0 Å². The van der Waals surface area contributed by atoms with Crippen LogP contribution in [0.15, 0.2) is 41.3 Å². The van der Waals surface area contributed by atoms with Crippen molar-refractivity contribution in [2.24, 2.45) is 5.92 Å². The highest BCUT2D eigenvalue weighted by Gasteiger charge is 2.35. The SMILES string of the molecule is Cc1ccc(S(=O)(=O)N2CCC(C(=O)N(CCCN3CCOCC3)c3nc4cc(C)cc(C)c4s3)CC2)cc1. The fourth-order valence-corrected chi connectivity index (χ4v) is 8.00. The molecule has 210 valence electrons. The normalized spacial score (nSPS) is 18.0. The molecule has 1 amide bonds. The Morgan fingerprint density at radius 2 is 1.72 bits per heavy atom. The number of piperidine rings is 1.